The van der Waals surface area contributed by atoms with Crippen LogP contribution in [0.1, 0.15) is 12.8 Å². The van der Waals surface area contributed by atoms with E-state index >= 15 is 0 Å². The summed E-state index contributed by atoms with van der Waals surface area (Å²) in [6.45, 7) is 3.15. The highest BCUT2D eigenvalue weighted by molar-refractivity contribution is 7.51. The van der Waals surface area contributed by atoms with Crippen molar-refractivity contribution in [1.29, 1.82) is 0 Å². The van der Waals surface area contributed by atoms with Crippen LogP contribution in [0.15, 0.2) is 12.3 Å². The third kappa shape index (κ3) is 6.65. The lowest BCUT2D eigenvalue weighted by molar-refractivity contribution is -0.141. The molecule has 0 aliphatic heterocycles. The SMILES string of the molecule is C=C(O)CCC(CP(=O)(O)O)C(=O)O. The highest BCUT2D eigenvalue weighted by Crippen LogP contribution is 2.38. The van der Waals surface area contributed by atoms with E-state index < -0.39 is 25.6 Å². The minimum absolute atomic E-state index is 0.0248. The monoisotopic (exact) mass is 224 g/mol. The summed E-state index contributed by atoms with van der Waals surface area (Å²) in [6, 6.07) is 0. The van der Waals surface area contributed by atoms with Crippen molar-refractivity contribution >= 4 is 13.6 Å². The molecule has 0 aromatic rings. The van der Waals surface area contributed by atoms with Crippen molar-refractivity contribution in [3.63, 3.8) is 0 Å². The summed E-state index contributed by atoms with van der Waals surface area (Å²) in [5.74, 6) is -2.63. The van der Waals surface area contributed by atoms with Crippen molar-refractivity contribution in [2.45, 2.75) is 12.8 Å². The molecule has 0 bridgehead atoms. The summed E-state index contributed by atoms with van der Waals surface area (Å²) >= 11 is 0. The van der Waals surface area contributed by atoms with E-state index in [0.717, 1.165) is 0 Å². The van der Waals surface area contributed by atoms with Crippen LogP contribution in [0.5, 0.6) is 0 Å². The van der Waals surface area contributed by atoms with Crippen LogP contribution in [0.25, 0.3) is 0 Å². The van der Waals surface area contributed by atoms with Gasteiger partial charge in [0.2, 0.25) is 0 Å². The van der Waals surface area contributed by atoms with Gasteiger partial charge in [0.15, 0.2) is 0 Å². The van der Waals surface area contributed by atoms with Gasteiger partial charge in [-0.1, -0.05) is 6.58 Å². The second-order valence-electron chi connectivity index (χ2n) is 2.99. The lowest BCUT2D eigenvalue weighted by Gasteiger charge is -2.12. The molecule has 4 N–H and O–H groups in total. The Morgan fingerprint density at radius 1 is 1.36 bits per heavy atom. The molecule has 6 nitrogen and oxygen atoms in total. The third-order valence-corrected chi connectivity index (χ3v) is 2.51. The first-order chi connectivity index (χ1) is 6.22. The first kappa shape index (κ1) is 13.2. The average molecular weight is 224 g/mol. The summed E-state index contributed by atoms with van der Waals surface area (Å²) in [5, 5.41) is 17.3. The van der Waals surface area contributed by atoms with E-state index in [1.807, 2.05) is 0 Å². The maximum Gasteiger partial charge on any atom is 0.326 e. The minimum atomic E-state index is -4.33. The number of carbonyl (C=O) groups is 1. The standard InChI is InChI=1S/C7H13O6P/c1-5(8)2-3-6(7(9)10)4-14(11,12)13/h6,8H,1-4H2,(H,9,10)(H2,11,12,13). The molecule has 1 unspecified atom stereocenters. The number of aliphatic hydroxyl groups is 1. The maximum absolute atomic E-state index is 10.5. The zero-order valence-electron chi connectivity index (χ0n) is 7.46. The van der Waals surface area contributed by atoms with Gasteiger partial charge in [-0.25, -0.2) is 0 Å². The molecule has 0 aromatic heterocycles. The first-order valence-electron chi connectivity index (χ1n) is 3.86. The molecule has 1 atom stereocenters. The molecular weight excluding hydrogens is 211 g/mol. The van der Waals surface area contributed by atoms with E-state index in [2.05, 4.69) is 6.58 Å². The van der Waals surface area contributed by atoms with Gasteiger partial charge in [0.25, 0.3) is 0 Å². The van der Waals surface area contributed by atoms with E-state index in [1.54, 1.807) is 0 Å². The van der Waals surface area contributed by atoms with Crippen molar-refractivity contribution in [1.82, 2.24) is 0 Å². The molecule has 0 spiro atoms. The molecule has 0 radical (unpaired) electrons. The largest absolute Gasteiger partial charge is 0.513 e. The summed E-state index contributed by atoms with van der Waals surface area (Å²) in [5.41, 5.74) is 0. The number of carboxylic acid groups (broad SMARTS) is 1. The fourth-order valence-electron chi connectivity index (χ4n) is 0.921. The van der Waals surface area contributed by atoms with Crippen LogP contribution in [-0.2, 0) is 9.36 Å². The van der Waals surface area contributed by atoms with E-state index in [-0.39, 0.29) is 18.6 Å². The fourth-order valence-corrected chi connectivity index (χ4v) is 1.83. The van der Waals surface area contributed by atoms with Crippen molar-refractivity contribution in [3.05, 3.63) is 12.3 Å². The van der Waals surface area contributed by atoms with Gasteiger partial charge in [-0.2, -0.15) is 0 Å². The number of allylic oxidation sites excluding steroid dienone is 1. The van der Waals surface area contributed by atoms with Crippen molar-refractivity contribution in [2.24, 2.45) is 5.92 Å². The number of aliphatic carboxylic acids is 1. The molecule has 0 amide bonds. The fraction of sp³-hybridized carbons (Fsp3) is 0.571. The average Bonchev–Trinajstić information content (AvgIpc) is 1.94. The highest BCUT2D eigenvalue weighted by atomic mass is 31.2. The van der Waals surface area contributed by atoms with Gasteiger partial charge in [-0.15, -0.1) is 0 Å². The van der Waals surface area contributed by atoms with Gasteiger partial charge < -0.3 is 20.0 Å². The van der Waals surface area contributed by atoms with Gasteiger partial charge in [-0.05, 0) is 6.42 Å². The molecule has 14 heavy (non-hydrogen) atoms. The lowest BCUT2D eigenvalue weighted by atomic mass is 10.1. The topological polar surface area (TPSA) is 115 Å². The normalized spacial score (nSPS) is 13.6. The Labute approximate surface area is 81.0 Å². The number of rotatable bonds is 6. The van der Waals surface area contributed by atoms with Gasteiger partial charge >= 0.3 is 13.6 Å². The molecule has 7 heteroatoms. The molecule has 0 saturated heterocycles. The van der Waals surface area contributed by atoms with Gasteiger partial charge in [0, 0.05) is 6.42 Å². The Morgan fingerprint density at radius 3 is 2.14 bits per heavy atom. The molecule has 0 heterocycles. The number of aliphatic hydroxyl groups excluding tert-OH is 1. The van der Waals surface area contributed by atoms with Crippen LogP contribution in [-0.4, -0.2) is 32.1 Å². The Balaban J connectivity index is 4.24. The predicted octanol–water partition coefficient (Wildman–Crippen LogP) is 0.717. The van der Waals surface area contributed by atoms with Crippen molar-refractivity contribution in [3.8, 4) is 0 Å². The summed E-state index contributed by atoms with van der Waals surface area (Å²) in [7, 11) is -4.33. The van der Waals surface area contributed by atoms with Crippen LogP contribution < -0.4 is 0 Å². The second-order valence-corrected chi connectivity index (χ2v) is 4.68. The predicted molar refractivity (Wildman–Crippen MR) is 49.0 cm³/mol. The van der Waals surface area contributed by atoms with Crippen molar-refractivity contribution < 1.29 is 29.4 Å². The molecule has 0 saturated carbocycles. The second kappa shape index (κ2) is 5.14. The molecule has 0 rings (SSSR count). The maximum atomic E-state index is 10.5. The first-order valence-corrected chi connectivity index (χ1v) is 5.66. The van der Waals surface area contributed by atoms with Gasteiger partial charge in [-0.3, -0.25) is 9.36 Å². The van der Waals surface area contributed by atoms with Crippen LogP contribution >= 0.6 is 7.60 Å². The summed E-state index contributed by atoms with van der Waals surface area (Å²) in [4.78, 5) is 27.7. The van der Waals surface area contributed by atoms with Gasteiger partial charge in [0.05, 0.1) is 17.8 Å². The Morgan fingerprint density at radius 2 is 1.86 bits per heavy atom. The Kier molecular flexibility index (Phi) is 4.83. The Bertz CT molecular complexity index is 267. The zero-order valence-corrected chi connectivity index (χ0v) is 8.35. The molecule has 0 aliphatic rings. The lowest BCUT2D eigenvalue weighted by Crippen LogP contribution is -2.18. The van der Waals surface area contributed by atoms with Crippen LogP contribution in [0, 0.1) is 5.92 Å². The van der Waals surface area contributed by atoms with E-state index in [1.165, 1.54) is 0 Å². The van der Waals surface area contributed by atoms with Crippen LogP contribution in [0.3, 0.4) is 0 Å². The molecule has 0 aliphatic carbocycles. The number of hydrogen-bond donors (Lipinski definition) is 4. The minimum Gasteiger partial charge on any atom is -0.513 e. The molecule has 0 aromatic carbocycles. The molecule has 0 fully saturated rings. The number of carboxylic acids is 1. The third-order valence-electron chi connectivity index (χ3n) is 1.59. The van der Waals surface area contributed by atoms with E-state index in [9.17, 15) is 9.36 Å². The van der Waals surface area contributed by atoms with E-state index in [0.29, 0.717) is 0 Å². The van der Waals surface area contributed by atoms with E-state index in [4.69, 9.17) is 20.0 Å². The highest BCUT2D eigenvalue weighted by Gasteiger charge is 2.26. The smallest absolute Gasteiger partial charge is 0.326 e. The van der Waals surface area contributed by atoms with Gasteiger partial charge in [0.1, 0.15) is 0 Å². The number of hydrogen-bond acceptors (Lipinski definition) is 3. The quantitative estimate of drug-likeness (QED) is 0.390. The molecule has 82 valence electrons. The van der Waals surface area contributed by atoms with Crippen LogP contribution in [0.4, 0.5) is 0 Å². The van der Waals surface area contributed by atoms with Crippen molar-refractivity contribution in [2.75, 3.05) is 6.16 Å². The molecular formula is C7H13O6P. The Hall–Kier alpha value is -0.840. The summed E-state index contributed by atoms with van der Waals surface area (Å²) in [6.07, 6.45) is -0.720. The van der Waals surface area contributed by atoms with Crippen LogP contribution in [0.2, 0.25) is 0 Å². The summed E-state index contributed by atoms with van der Waals surface area (Å²) < 4.78 is 10.5. The zero-order chi connectivity index (χ0) is 11.4.